The molecule has 0 amide bonds. The molecule has 0 bridgehead atoms. The van der Waals surface area contributed by atoms with Crippen LogP contribution in [0.5, 0.6) is 11.5 Å². The molecule has 0 aliphatic heterocycles. The average molecular weight is 373 g/mol. The summed E-state index contributed by atoms with van der Waals surface area (Å²) in [5, 5.41) is 0. The van der Waals surface area contributed by atoms with Crippen molar-refractivity contribution < 1.29 is 14.0 Å². The summed E-state index contributed by atoms with van der Waals surface area (Å²) in [7, 11) is 3.32. The van der Waals surface area contributed by atoms with E-state index in [0.717, 1.165) is 23.6 Å². The molecule has 3 rings (SSSR count). The van der Waals surface area contributed by atoms with Gasteiger partial charge in [0, 0.05) is 0 Å². The van der Waals surface area contributed by atoms with Gasteiger partial charge in [-0.15, -0.1) is 0 Å². The van der Waals surface area contributed by atoms with Gasteiger partial charge in [-0.05, 0) is 0 Å². The van der Waals surface area contributed by atoms with Gasteiger partial charge in [-0.2, -0.15) is 0 Å². The molecule has 3 aromatic rings. The monoisotopic (exact) mass is 374 g/mol. The van der Waals surface area contributed by atoms with Gasteiger partial charge in [0.25, 0.3) is 0 Å². The molecule has 0 N–H and O–H groups in total. The number of para-hydroxylation sites is 1. The second-order valence-corrected chi connectivity index (χ2v) is 7.33. The van der Waals surface area contributed by atoms with E-state index < -0.39 is 0 Å². The first-order valence-electron chi connectivity index (χ1n) is 7.58. The maximum absolute atomic E-state index is 5.37. The van der Waals surface area contributed by atoms with Crippen molar-refractivity contribution in [3.05, 3.63) is 52.6 Å². The zero-order chi connectivity index (χ0) is 16.2. The van der Waals surface area contributed by atoms with Crippen molar-refractivity contribution in [2.75, 3.05) is 14.2 Å². The molecule has 4 heteroatoms. The van der Waals surface area contributed by atoms with E-state index in [1.54, 1.807) is 14.2 Å². The Hall–Kier alpha value is -2.03. The Labute approximate surface area is 142 Å². The first-order chi connectivity index (χ1) is 11.3. The van der Waals surface area contributed by atoms with Gasteiger partial charge < -0.3 is 0 Å². The van der Waals surface area contributed by atoms with E-state index in [-0.39, 0.29) is 0 Å². The van der Waals surface area contributed by atoms with Crippen molar-refractivity contribution in [3.8, 4) is 11.5 Å². The molecule has 0 atom stereocenters. The Morgan fingerprint density at radius 1 is 1.00 bits per heavy atom. The number of rotatable bonds is 5. The Morgan fingerprint density at radius 3 is 2.52 bits per heavy atom. The number of nitrogens with zero attached hydrogens (tertiary/aromatic N) is 1. The molecule has 1 heterocycles. The number of ether oxygens (including phenoxy) is 2. The van der Waals surface area contributed by atoms with Crippen LogP contribution in [0, 0.1) is 0 Å². The number of fused-ring (bicyclic) bond motifs is 1. The predicted molar refractivity (Wildman–Crippen MR) is 95.2 cm³/mol. The van der Waals surface area contributed by atoms with Crippen LogP contribution >= 0.6 is 0 Å². The quantitative estimate of drug-likeness (QED) is 0.505. The minimum absolute atomic E-state index is 0.361. The molecule has 0 saturated carbocycles. The van der Waals surface area contributed by atoms with Crippen LogP contribution in [0.2, 0.25) is 0 Å². The molecular weight excluding hydrogens is 353 g/mol. The minimum atomic E-state index is 0.361. The van der Waals surface area contributed by atoms with Crippen LogP contribution < -0.4 is 14.0 Å². The first-order valence-corrected chi connectivity index (χ1v) is 9.29. The van der Waals surface area contributed by atoms with Gasteiger partial charge in [0.05, 0.1) is 0 Å². The number of aromatic nitrogens is 1. The second-order valence-electron chi connectivity index (χ2n) is 5.10. The molecule has 0 unspecified atom stereocenters. The van der Waals surface area contributed by atoms with Gasteiger partial charge in [0.15, 0.2) is 0 Å². The Bertz CT molecular complexity index is 852. The van der Waals surface area contributed by atoms with Crippen molar-refractivity contribution >= 4 is 36.4 Å². The topological polar surface area (TPSA) is 22.3 Å². The molecular formula is C19H20NO2Se+. The van der Waals surface area contributed by atoms with Crippen LogP contribution in [0.3, 0.4) is 0 Å². The van der Waals surface area contributed by atoms with Crippen LogP contribution in [-0.4, -0.2) is 28.7 Å². The van der Waals surface area contributed by atoms with Crippen LogP contribution in [0.1, 0.15) is 17.1 Å². The molecule has 0 aliphatic carbocycles. The van der Waals surface area contributed by atoms with E-state index in [9.17, 15) is 0 Å². The van der Waals surface area contributed by atoms with E-state index in [2.05, 4.69) is 47.9 Å². The third-order valence-electron chi connectivity index (χ3n) is 3.78. The van der Waals surface area contributed by atoms with Crippen molar-refractivity contribution in [2.24, 2.45) is 0 Å². The van der Waals surface area contributed by atoms with Gasteiger partial charge >= 0.3 is 142 Å². The summed E-state index contributed by atoms with van der Waals surface area (Å²) in [6.45, 7) is 3.19. The van der Waals surface area contributed by atoms with E-state index in [4.69, 9.17) is 9.47 Å². The van der Waals surface area contributed by atoms with Crippen LogP contribution in [0.15, 0.2) is 42.5 Å². The third-order valence-corrected chi connectivity index (χ3v) is 6.15. The number of hydrogen-bond acceptors (Lipinski definition) is 2. The molecule has 0 spiro atoms. The maximum atomic E-state index is 5.37. The molecule has 118 valence electrons. The van der Waals surface area contributed by atoms with Gasteiger partial charge in [-0.1, -0.05) is 0 Å². The van der Waals surface area contributed by atoms with Crippen molar-refractivity contribution in [1.29, 1.82) is 0 Å². The second kappa shape index (κ2) is 7.03. The number of aryl methyl sites for hydroxylation is 1. The summed E-state index contributed by atoms with van der Waals surface area (Å²) < 4.78 is 15.9. The molecule has 2 aromatic carbocycles. The molecule has 23 heavy (non-hydrogen) atoms. The van der Waals surface area contributed by atoms with E-state index >= 15 is 0 Å². The van der Waals surface area contributed by atoms with E-state index in [1.807, 2.05) is 18.2 Å². The summed E-state index contributed by atoms with van der Waals surface area (Å²) in [4.78, 5) is 0. The number of hydrogen-bond donors (Lipinski definition) is 0. The summed E-state index contributed by atoms with van der Waals surface area (Å²) in [5.41, 5.74) is 2.46. The van der Waals surface area contributed by atoms with Crippen molar-refractivity contribution in [3.63, 3.8) is 0 Å². The summed E-state index contributed by atoms with van der Waals surface area (Å²) in [5.74, 6) is 1.51. The summed E-state index contributed by atoms with van der Waals surface area (Å²) in [6, 6.07) is 14.7. The fourth-order valence-corrected chi connectivity index (χ4v) is 4.99. The normalized spacial score (nSPS) is 11.3. The third kappa shape index (κ3) is 3.19. The van der Waals surface area contributed by atoms with Gasteiger partial charge in [0.2, 0.25) is 0 Å². The number of benzene rings is 2. The fraction of sp³-hybridized carbons (Fsp3) is 0.211. The Kier molecular flexibility index (Phi) is 4.85. The molecule has 0 radical (unpaired) electrons. The van der Waals surface area contributed by atoms with Gasteiger partial charge in [-0.25, -0.2) is 0 Å². The van der Waals surface area contributed by atoms with Gasteiger partial charge in [-0.3, -0.25) is 0 Å². The van der Waals surface area contributed by atoms with Crippen LogP contribution in [0.4, 0.5) is 0 Å². The van der Waals surface area contributed by atoms with Crippen LogP contribution in [-0.2, 0) is 6.54 Å². The van der Waals surface area contributed by atoms with Crippen LogP contribution in [0.25, 0.3) is 21.9 Å². The molecule has 0 fully saturated rings. The standard InChI is InChI=1S/C19H20NO2Se/c1-4-20-15-7-5-6-8-18(15)23-19(20)12-10-14-9-11-16(21-2)17(13-14)22-3/h5-13H,4H2,1-3H3/q+1/b12-10+. The predicted octanol–water partition coefficient (Wildman–Crippen LogP) is 3.39. The van der Waals surface area contributed by atoms with Crippen molar-refractivity contribution in [2.45, 2.75) is 13.5 Å². The zero-order valence-electron chi connectivity index (χ0n) is 13.6. The summed E-state index contributed by atoms with van der Waals surface area (Å²) in [6.07, 6.45) is 4.37. The molecule has 0 aliphatic rings. The molecule has 3 nitrogen and oxygen atoms in total. The fourth-order valence-electron chi connectivity index (χ4n) is 2.63. The average Bonchev–Trinajstić information content (AvgIpc) is 2.97. The van der Waals surface area contributed by atoms with Crippen molar-refractivity contribution in [1.82, 2.24) is 0 Å². The zero-order valence-corrected chi connectivity index (χ0v) is 15.3. The Balaban J connectivity index is 1.97. The Morgan fingerprint density at radius 2 is 1.78 bits per heavy atom. The SMILES string of the molecule is CC[n+]1c(/C=C/c2ccc(OC)c(OC)c2)[se]c2ccccc21. The number of methoxy groups -OCH3 is 2. The molecule has 1 aromatic heterocycles. The first kappa shape index (κ1) is 15.8. The molecule has 0 saturated heterocycles. The van der Waals surface area contributed by atoms with Gasteiger partial charge in [0.1, 0.15) is 0 Å². The summed E-state index contributed by atoms with van der Waals surface area (Å²) >= 11 is 0.361. The van der Waals surface area contributed by atoms with E-state index in [0.29, 0.717) is 14.5 Å². The van der Waals surface area contributed by atoms with E-state index in [1.165, 1.54) is 14.3 Å².